The van der Waals surface area contributed by atoms with Gasteiger partial charge >= 0.3 is 0 Å². The summed E-state index contributed by atoms with van der Waals surface area (Å²) in [5, 5.41) is 15.9. The summed E-state index contributed by atoms with van der Waals surface area (Å²) in [5.74, 6) is -0.329. The van der Waals surface area contributed by atoms with Gasteiger partial charge in [-0.1, -0.05) is 32.0 Å². The van der Waals surface area contributed by atoms with E-state index in [0.29, 0.717) is 24.2 Å². The lowest BCUT2D eigenvalue weighted by atomic mass is 10.2. The molecular formula is C25H31N5O6S. The van der Waals surface area contributed by atoms with E-state index in [1.54, 1.807) is 50.1 Å². The molecule has 0 fully saturated rings. The number of nitro benzene ring substituents is 1. The van der Waals surface area contributed by atoms with E-state index in [1.807, 2.05) is 19.9 Å². The van der Waals surface area contributed by atoms with Gasteiger partial charge in [-0.3, -0.25) is 14.9 Å². The molecule has 0 saturated heterocycles. The van der Waals surface area contributed by atoms with Gasteiger partial charge < -0.3 is 9.64 Å². The maximum Gasteiger partial charge on any atom is 0.274 e. The van der Waals surface area contributed by atoms with Crippen LogP contribution in [0.1, 0.15) is 49.7 Å². The highest BCUT2D eigenvalue weighted by molar-refractivity contribution is 7.89. The van der Waals surface area contributed by atoms with Gasteiger partial charge in [0.25, 0.3) is 11.6 Å². The largest absolute Gasteiger partial charge is 0.437 e. The van der Waals surface area contributed by atoms with Crippen LogP contribution in [0.25, 0.3) is 5.69 Å². The molecule has 37 heavy (non-hydrogen) atoms. The Hall–Kier alpha value is -3.77. The van der Waals surface area contributed by atoms with Crippen molar-refractivity contribution in [2.75, 3.05) is 13.6 Å². The predicted molar refractivity (Wildman–Crippen MR) is 139 cm³/mol. The van der Waals surface area contributed by atoms with Gasteiger partial charge in [-0.15, -0.1) is 0 Å². The zero-order chi connectivity index (χ0) is 27.3. The van der Waals surface area contributed by atoms with Crippen molar-refractivity contribution < 1.29 is 22.9 Å². The Morgan fingerprint density at radius 3 is 2.49 bits per heavy atom. The number of carbonyl (C=O) groups excluding carboxylic acids is 1. The Morgan fingerprint density at radius 1 is 1.22 bits per heavy atom. The number of nitrogens with one attached hydrogen (secondary N) is 1. The molecule has 0 spiro atoms. The summed E-state index contributed by atoms with van der Waals surface area (Å²) in [5.41, 5.74) is 0.733. The van der Waals surface area contributed by atoms with E-state index >= 15 is 0 Å². The van der Waals surface area contributed by atoms with Gasteiger partial charge in [0, 0.05) is 37.3 Å². The molecule has 1 heterocycles. The highest BCUT2D eigenvalue weighted by Gasteiger charge is 2.29. The summed E-state index contributed by atoms with van der Waals surface area (Å²) in [6.45, 7) is 7.64. The smallest absolute Gasteiger partial charge is 0.274 e. The van der Waals surface area contributed by atoms with Crippen LogP contribution >= 0.6 is 0 Å². The Balaban J connectivity index is 2.19. The quantitative estimate of drug-likeness (QED) is 0.286. The second kappa shape index (κ2) is 11.5. The lowest BCUT2D eigenvalue weighted by molar-refractivity contribution is -0.385. The predicted octanol–water partition coefficient (Wildman–Crippen LogP) is 4.44. The first-order valence-electron chi connectivity index (χ1n) is 11.9. The van der Waals surface area contributed by atoms with Gasteiger partial charge in [0.2, 0.25) is 15.9 Å². The van der Waals surface area contributed by atoms with E-state index in [1.165, 1.54) is 10.7 Å². The maximum atomic E-state index is 13.2. The monoisotopic (exact) mass is 529 g/mol. The fourth-order valence-corrected chi connectivity index (χ4v) is 5.06. The third-order valence-corrected chi connectivity index (χ3v) is 7.39. The molecule has 12 heteroatoms. The SMILES string of the molecule is CCCN(C)C(=O)c1nn(-c2ccccc2)c(Oc2ccc([N+](=O)[O-])cc2S(=O)(=O)N[C@H](C)CC)c1C. The lowest BCUT2D eigenvalue weighted by Gasteiger charge is -2.16. The van der Waals surface area contributed by atoms with Crippen LogP contribution in [0.15, 0.2) is 53.4 Å². The second-order valence-electron chi connectivity index (χ2n) is 8.67. The number of ether oxygens (including phenoxy) is 1. The van der Waals surface area contributed by atoms with Gasteiger partial charge in [-0.2, -0.15) is 9.78 Å². The van der Waals surface area contributed by atoms with Crippen molar-refractivity contribution in [2.45, 2.75) is 51.5 Å². The highest BCUT2D eigenvalue weighted by Crippen LogP contribution is 2.36. The van der Waals surface area contributed by atoms with Gasteiger partial charge in [0.05, 0.1) is 10.6 Å². The summed E-state index contributed by atoms with van der Waals surface area (Å²) in [7, 11) is -2.51. The molecule has 0 aliphatic rings. The van der Waals surface area contributed by atoms with E-state index < -0.39 is 31.6 Å². The van der Waals surface area contributed by atoms with Crippen molar-refractivity contribution in [3.05, 3.63) is 69.9 Å². The van der Waals surface area contributed by atoms with E-state index in [-0.39, 0.29) is 23.2 Å². The van der Waals surface area contributed by atoms with Crippen LogP contribution in [0.2, 0.25) is 0 Å². The van der Waals surface area contributed by atoms with Crippen molar-refractivity contribution in [3.63, 3.8) is 0 Å². The minimum Gasteiger partial charge on any atom is -0.437 e. The number of sulfonamides is 1. The van der Waals surface area contributed by atoms with Crippen LogP contribution in [-0.2, 0) is 10.0 Å². The first kappa shape index (κ1) is 27.8. The van der Waals surface area contributed by atoms with Crippen LogP contribution in [-0.4, -0.2) is 53.6 Å². The summed E-state index contributed by atoms with van der Waals surface area (Å²) in [6, 6.07) is 11.9. The molecule has 1 amide bonds. The van der Waals surface area contributed by atoms with E-state index in [4.69, 9.17) is 4.74 Å². The average Bonchev–Trinajstić information content (AvgIpc) is 3.19. The molecule has 1 aromatic heterocycles. The van der Waals surface area contributed by atoms with Crippen molar-refractivity contribution in [1.29, 1.82) is 0 Å². The number of hydrogen-bond donors (Lipinski definition) is 1. The van der Waals surface area contributed by atoms with Gasteiger partial charge in [-0.25, -0.2) is 13.1 Å². The maximum absolute atomic E-state index is 13.2. The number of amides is 1. The van der Waals surface area contributed by atoms with Crippen LogP contribution in [0.5, 0.6) is 11.6 Å². The van der Waals surface area contributed by atoms with E-state index in [9.17, 15) is 23.3 Å². The van der Waals surface area contributed by atoms with Crippen LogP contribution < -0.4 is 9.46 Å². The van der Waals surface area contributed by atoms with E-state index in [0.717, 1.165) is 18.6 Å². The zero-order valence-corrected chi connectivity index (χ0v) is 22.3. The number of benzene rings is 2. The fourth-order valence-electron chi connectivity index (χ4n) is 3.59. The number of carbonyl (C=O) groups is 1. The van der Waals surface area contributed by atoms with Crippen molar-refractivity contribution in [2.24, 2.45) is 0 Å². The summed E-state index contributed by atoms with van der Waals surface area (Å²) < 4.78 is 36.5. The van der Waals surface area contributed by atoms with Crippen molar-refractivity contribution in [1.82, 2.24) is 19.4 Å². The Morgan fingerprint density at radius 2 is 1.89 bits per heavy atom. The first-order valence-corrected chi connectivity index (χ1v) is 13.4. The van der Waals surface area contributed by atoms with Gasteiger partial charge in [0.1, 0.15) is 10.6 Å². The molecule has 3 aromatic rings. The molecule has 0 radical (unpaired) electrons. The van der Waals surface area contributed by atoms with Crippen LogP contribution in [0.4, 0.5) is 5.69 Å². The number of rotatable bonds is 11. The molecule has 1 atom stereocenters. The van der Waals surface area contributed by atoms with Gasteiger partial charge in [-0.05, 0) is 44.9 Å². The molecule has 0 unspecified atom stereocenters. The van der Waals surface area contributed by atoms with Gasteiger partial charge in [0.15, 0.2) is 5.69 Å². The number of nitrogens with zero attached hydrogens (tertiary/aromatic N) is 4. The van der Waals surface area contributed by atoms with E-state index in [2.05, 4.69) is 9.82 Å². The molecule has 3 rings (SSSR count). The van der Waals surface area contributed by atoms with Crippen LogP contribution in [0.3, 0.4) is 0 Å². The third kappa shape index (κ3) is 6.15. The van der Waals surface area contributed by atoms with Crippen LogP contribution in [0, 0.1) is 17.0 Å². The molecule has 198 valence electrons. The summed E-state index contributed by atoms with van der Waals surface area (Å²) >= 11 is 0. The molecule has 0 aliphatic heterocycles. The van der Waals surface area contributed by atoms with Crippen molar-refractivity contribution >= 4 is 21.6 Å². The number of para-hydroxylation sites is 1. The number of aromatic nitrogens is 2. The number of non-ortho nitro benzene ring substituents is 1. The highest BCUT2D eigenvalue weighted by atomic mass is 32.2. The Bertz CT molecular complexity index is 1390. The molecular weight excluding hydrogens is 498 g/mol. The number of hydrogen-bond acceptors (Lipinski definition) is 7. The Kier molecular flexibility index (Phi) is 8.66. The summed E-state index contributed by atoms with van der Waals surface area (Å²) in [6.07, 6.45) is 1.28. The first-order chi connectivity index (χ1) is 17.5. The molecule has 2 aromatic carbocycles. The molecule has 11 nitrogen and oxygen atoms in total. The molecule has 0 bridgehead atoms. The lowest BCUT2D eigenvalue weighted by Crippen LogP contribution is -2.32. The van der Waals surface area contributed by atoms with Crippen molar-refractivity contribution in [3.8, 4) is 17.3 Å². The molecule has 0 saturated carbocycles. The topological polar surface area (TPSA) is 137 Å². The standard InChI is InChI=1S/C25H31N5O6S/c1-6-15-28(5)24(31)23-18(4)25(29(26-23)19-11-9-8-10-12-19)36-21-14-13-20(30(32)33)16-22(21)37(34,35)27-17(3)7-2/h8-14,16-17,27H,6-7,15H2,1-5H3/t17-/m1/s1. The summed E-state index contributed by atoms with van der Waals surface area (Å²) in [4.78, 5) is 25.0. The molecule has 0 aliphatic carbocycles. The fraction of sp³-hybridized carbons (Fsp3) is 0.360. The minimum absolute atomic E-state index is 0.119. The third-order valence-electron chi connectivity index (χ3n) is 5.78. The second-order valence-corrected chi connectivity index (χ2v) is 10.4. The minimum atomic E-state index is -4.18. The molecule has 1 N–H and O–H groups in total. The number of nitro groups is 1. The average molecular weight is 530 g/mol. The Labute approximate surface area is 216 Å². The zero-order valence-electron chi connectivity index (χ0n) is 21.5. The normalized spacial score (nSPS) is 12.2.